The number of aryl methyl sites for hydroxylation is 1. The van der Waals surface area contributed by atoms with E-state index in [1.54, 1.807) is 18.6 Å². The molecule has 0 spiro atoms. The zero-order chi connectivity index (χ0) is 16.9. The van der Waals surface area contributed by atoms with E-state index in [1.807, 2.05) is 24.1 Å². The molecule has 0 N–H and O–H groups in total. The minimum absolute atomic E-state index is 0.104. The molecule has 1 aromatic carbocycles. The molecule has 1 aromatic heterocycles. The first kappa shape index (κ1) is 16.4. The first-order chi connectivity index (χ1) is 11.6. The van der Waals surface area contributed by atoms with E-state index in [2.05, 4.69) is 33.9 Å². The van der Waals surface area contributed by atoms with Crippen molar-refractivity contribution in [2.45, 2.75) is 26.3 Å². The van der Waals surface area contributed by atoms with Crippen molar-refractivity contribution in [2.75, 3.05) is 25.0 Å². The number of piperidine rings is 1. The molecule has 1 saturated heterocycles. The fourth-order valence-corrected chi connectivity index (χ4v) is 3.24. The van der Waals surface area contributed by atoms with Crippen molar-refractivity contribution in [3.05, 3.63) is 54.0 Å². The predicted molar refractivity (Wildman–Crippen MR) is 94.6 cm³/mol. The maximum Gasteiger partial charge on any atom is 0.225 e. The standard InChI is InChI=1S/C19H24N4O/c1-15-5-3-4-6-17(15)14-22(2)19(24)16-7-11-23(12-8-16)18-13-20-9-10-21-18/h3-6,9-10,13,16H,7-8,11-12,14H2,1-2H3. The Hall–Kier alpha value is -2.43. The maximum absolute atomic E-state index is 12.7. The molecule has 1 fully saturated rings. The van der Waals surface area contributed by atoms with Gasteiger partial charge in [0.1, 0.15) is 5.82 Å². The largest absolute Gasteiger partial charge is 0.355 e. The molecular formula is C19H24N4O. The Balaban J connectivity index is 1.56. The first-order valence-corrected chi connectivity index (χ1v) is 8.45. The van der Waals surface area contributed by atoms with Crippen molar-refractivity contribution in [3.63, 3.8) is 0 Å². The number of aromatic nitrogens is 2. The summed E-state index contributed by atoms with van der Waals surface area (Å²) in [6.07, 6.45) is 6.91. The van der Waals surface area contributed by atoms with Gasteiger partial charge in [0.15, 0.2) is 0 Å². The SMILES string of the molecule is Cc1ccccc1CN(C)C(=O)C1CCN(c2cnccn2)CC1. The zero-order valence-electron chi connectivity index (χ0n) is 14.4. The van der Waals surface area contributed by atoms with E-state index in [-0.39, 0.29) is 11.8 Å². The van der Waals surface area contributed by atoms with Gasteiger partial charge in [-0.2, -0.15) is 0 Å². The van der Waals surface area contributed by atoms with Crippen molar-refractivity contribution >= 4 is 11.7 Å². The minimum atomic E-state index is 0.104. The molecule has 1 aliphatic rings. The monoisotopic (exact) mass is 324 g/mol. The molecule has 2 aromatic rings. The summed E-state index contributed by atoms with van der Waals surface area (Å²) < 4.78 is 0. The Morgan fingerprint density at radius 3 is 2.67 bits per heavy atom. The summed E-state index contributed by atoms with van der Waals surface area (Å²) in [5.74, 6) is 1.25. The number of benzene rings is 1. The second kappa shape index (κ2) is 7.43. The number of carbonyl (C=O) groups excluding carboxylic acids is 1. The topological polar surface area (TPSA) is 49.3 Å². The number of anilines is 1. The molecule has 1 amide bonds. The van der Waals surface area contributed by atoms with E-state index in [9.17, 15) is 4.79 Å². The molecule has 0 unspecified atom stereocenters. The first-order valence-electron chi connectivity index (χ1n) is 8.45. The molecule has 5 heteroatoms. The van der Waals surface area contributed by atoms with Gasteiger partial charge in [0.2, 0.25) is 5.91 Å². The average Bonchev–Trinajstić information content (AvgIpc) is 2.64. The van der Waals surface area contributed by atoms with Gasteiger partial charge in [0.25, 0.3) is 0 Å². The van der Waals surface area contributed by atoms with Crippen LogP contribution in [0, 0.1) is 12.8 Å². The van der Waals surface area contributed by atoms with Crippen molar-refractivity contribution in [2.24, 2.45) is 5.92 Å². The fourth-order valence-electron chi connectivity index (χ4n) is 3.24. The second-order valence-corrected chi connectivity index (χ2v) is 6.45. The lowest BCUT2D eigenvalue weighted by Gasteiger charge is -2.33. The van der Waals surface area contributed by atoms with Crippen LogP contribution in [0.3, 0.4) is 0 Å². The quantitative estimate of drug-likeness (QED) is 0.867. The molecule has 0 radical (unpaired) electrons. The van der Waals surface area contributed by atoms with Gasteiger partial charge in [0, 0.05) is 45.0 Å². The molecule has 0 bridgehead atoms. The van der Waals surface area contributed by atoms with Crippen molar-refractivity contribution in [1.82, 2.24) is 14.9 Å². The Bertz CT molecular complexity index is 681. The molecule has 0 saturated carbocycles. The number of rotatable bonds is 4. The normalized spacial score (nSPS) is 15.3. The lowest BCUT2D eigenvalue weighted by Crippen LogP contribution is -2.41. The van der Waals surface area contributed by atoms with Gasteiger partial charge >= 0.3 is 0 Å². The molecule has 0 atom stereocenters. The lowest BCUT2D eigenvalue weighted by atomic mass is 9.95. The zero-order valence-corrected chi connectivity index (χ0v) is 14.4. The van der Waals surface area contributed by atoms with E-state index in [4.69, 9.17) is 0 Å². The summed E-state index contributed by atoms with van der Waals surface area (Å²) in [5, 5.41) is 0. The van der Waals surface area contributed by atoms with Crippen LogP contribution in [-0.2, 0) is 11.3 Å². The summed E-state index contributed by atoms with van der Waals surface area (Å²) in [7, 11) is 1.91. The Labute approximate surface area is 143 Å². The Morgan fingerprint density at radius 1 is 1.25 bits per heavy atom. The number of nitrogens with zero attached hydrogens (tertiary/aromatic N) is 4. The van der Waals surface area contributed by atoms with Crippen molar-refractivity contribution < 1.29 is 4.79 Å². The third-order valence-corrected chi connectivity index (χ3v) is 4.76. The third-order valence-electron chi connectivity index (χ3n) is 4.76. The Kier molecular flexibility index (Phi) is 5.08. The summed E-state index contributed by atoms with van der Waals surface area (Å²) >= 11 is 0. The number of carbonyl (C=O) groups is 1. The smallest absolute Gasteiger partial charge is 0.225 e. The highest BCUT2D eigenvalue weighted by atomic mass is 16.2. The van der Waals surface area contributed by atoms with E-state index in [0.29, 0.717) is 6.54 Å². The third kappa shape index (κ3) is 3.72. The second-order valence-electron chi connectivity index (χ2n) is 6.45. The fraction of sp³-hybridized carbons (Fsp3) is 0.421. The lowest BCUT2D eigenvalue weighted by molar-refractivity contribution is -0.135. The highest BCUT2D eigenvalue weighted by Crippen LogP contribution is 2.23. The van der Waals surface area contributed by atoms with Crippen LogP contribution in [0.25, 0.3) is 0 Å². The van der Waals surface area contributed by atoms with Gasteiger partial charge < -0.3 is 9.80 Å². The van der Waals surface area contributed by atoms with E-state index in [0.717, 1.165) is 31.7 Å². The van der Waals surface area contributed by atoms with Crippen LogP contribution in [0.4, 0.5) is 5.82 Å². The Morgan fingerprint density at radius 2 is 2.00 bits per heavy atom. The van der Waals surface area contributed by atoms with Gasteiger partial charge in [0.05, 0.1) is 6.20 Å². The van der Waals surface area contributed by atoms with Gasteiger partial charge in [-0.3, -0.25) is 9.78 Å². The predicted octanol–water partition coefficient (Wildman–Crippen LogP) is 2.66. The number of hydrogen-bond acceptors (Lipinski definition) is 4. The van der Waals surface area contributed by atoms with Gasteiger partial charge in [-0.25, -0.2) is 4.98 Å². The molecule has 5 nitrogen and oxygen atoms in total. The van der Waals surface area contributed by atoms with Gasteiger partial charge in [-0.05, 0) is 30.9 Å². The molecular weight excluding hydrogens is 300 g/mol. The maximum atomic E-state index is 12.7. The van der Waals surface area contributed by atoms with Crippen LogP contribution in [-0.4, -0.2) is 40.9 Å². The molecule has 1 aliphatic heterocycles. The summed E-state index contributed by atoms with van der Waals surface area (Å²) in [5.41, 5.74) is 2.44. The van der Waals surface area contributed by atoms with Crippen LogP contribution in [0.5, 0.6) is 0 Å². The van der Waals surface area contributed by atoms with Gasteiger partial charge in [-0.1, -0.05) is 24.3 Å². The summed E-state index contributed by atoms with van der Waals surface area (Å²) in [6, 6.07) is 8.24. The molecule has 0 aliphatic carbocycles. The summed E-state index contributed by atoms with van der Waals surface area (Å²) in [4.78, 5) is 25.3. The van der Waals surface area contributed by atoms with E-state index >= 15 is 0 Å². The van der Waals surface area contributed by atoms with Crippen LogP contribution < -0.4 is 4.90 Å². The van der Waals surface area contributed by atoms with Crippen molar-refractivity contribution in [1.29, 1.82) is 0 Å². The highest BCUT2D eigenvalue weighted by molar-refractivity contribution is 5.79. The molecule has 24 heavy (non-hydrogen) atoms. The van der Waals surface area contributed by atoms with E-state index in [1.165, 1.54) is 11.1 Å². The van der Waals surface area contributed by atoms with Crippen molar-refractivity contribution in [3.8, 4) is 0 Å². The van der Waals surface area contributed by atoms with Crippen LogP contribution >= 0.6 is 0 Å². The molecule has 2 heterocycles. The van der Waals surface area contributed by atoms with Crippen LogP contribution in [0.2, 0.25) is 0 Å². The highest BCUT2D eigenvalue weighted by Gasteiger charge is 2.27. The van der Waals surface area contributed by atoms with Crippen LogP contribution in [0.15, 0.2) is 42.9 Å². The molecule has 126 valence electrons. The summed E-state index contributed by atoms with van der Waals surface area (Å²) in [6.45, 7) is 4.48. The number of hydrogen-bond donors (Lipinski definition) is 0. The molecule has 3 rings (SSSR count). The minimum Gasteiger partial charge on any atom is -0.355 e. The average molecular weight is 324 g/mol. The number of amides is 1. The van der Waals surface area contributed by atoms with Crippen LogP contribution in [0.1, 0.15) is 24.0 Å². The van der Waals surface area contributed by atoms with E-state index < -0.39 is 0 Å². The van der Waals surface area contributed by atoms with Gasteiger partial charge in [-0.15, -0.1) is 0 Å².